The van der Waals surface area contributed by atoms with Crippen LogP contribution < -0.4 is 10.5 Å². The van der Waals surface area contributed by atoms with Crippen LogP contribution in [0.4, 0.5) is 5.95 Å². The molecule has 21 heavy (non-hydrogen) atoms. The quantitative estimate of drug-likeness (QED) is 0.900. The van der Waals surface area contributed by atoms with E-state index in [0.29, 0.717) is 5.95 Å². The molecule has 0 saturated carbocycles. The van der Waals surface area contributed by atoms with Crippen molar-refractivity contribution in [3.8, 4) is 5.75 Å². The Kier molecular flexibility index (Phi) is 4.26. The third-order valence-corrected chi connectivity index (χ3v) is 3.95. The highest BCUT2D eigenvalue weighted by Crippen LogP contribution is 2.26. The summed E-state index contributed by atoms with van der Waals surface area (Å²) in [6.45, 7) is 5.65. The standard InChI is InChI=1S/C15H22N4O2/c1-20-13-5-2-4-12-14(13)17-15(16)19(12)7-3-6-18-8-10-21-11-9-18/h2,4-5H,3,6-11H2,1H3,(H2,16,17). The number of rotatable bonds is 5. The first-order valence-electron chi connectivity index (χ1n) is 7.38. The highest BCUT2D eigenvalue weighted by Gasteiger charge is 2.13. The first-order valence-corrected chi connectivity index (χ1v) is 7.38. The number of hydrogen-bond acceptors (Lipinski definition) is 5. The lowest BCUT2D eigenvalue weighted by atomic mass is 10.3. The molecule has 0 unspecified atom stereocenters. The van der Waals surface area contributed by atoms with Crippen molar-refractivity contribution in [2.75, 3.05) is 45.7 Å². The number of nitrogens with two attached hydrogens (primary N) is 1. The van der Waals surface area contributed by atoms with Crippen LogP contribution in [0.3, 0.4) is 0 Å². The summed E-state index contributed by atoms with van der Waals surface area (Å²) >= 11 is 0. The number of fused-ring (bicyclic) bond motifs is 1. The monoisotopic (exact) mass is 290 g/mol. The van der Waals surface area contributed by atoms with E-state index in [4.69, 9.17) is 15.2 Å². The van der Waals surface area contributed by atoms with Crippen LogP contribution in [0.25, 0.3) is 11.0 Å². The van der Waals surface area contributed by atoms with Crippen LogP contribution in [0.2, 0.25) is 0 Å². The van der Waals surface area contributed by atoms with Crippen LogP contribution in [0.15, 0.2) is 18.2 Å². The third-order valence-electron chi connectivity index (χ3n) is 3.95. The molecule has 0 amide bonds. The zero-order valence-electron chi connectivity index (χ0n) is 12.4. The Morgan fingerprint density at radius 3 is 2.86 bits per heavy atom. The second-order valence-electron chi connectivity index (χ2n) is 5.26. The lowest BCUT2D eigenvalue weighted by molar-refractivity contribution is 0.0370. The van der Waals surface area contributed by atoms with Crippen molar-refractivity contribution in [2.24, 2.45) is 0 Å². The van der Waals surface area contributed by atoms with E-state index in [1.54, 1.807) is 7.11 Å². The molecule has 0 atom stereocenters. The largest absolute Gasteiger partial charge is 0.494 e. The van der Waals surface area contributed by atoms with Gasteiger partial charge in [-0.05, 0) is 18.6 Å². The van der Waals surface area contributed by atoms with Crippen LogP contribution in [0.1, 0.15) is 6.42 Å². The topological polar surface area (TPSA) is 65.5 Å². The van der Waals surface area contributed by atoms with Gasteiger partial charge < -0.3 is 19.8 Å². The SMILES string of the molecule is COc1cccc2c1nc(N)n2CCCN1CCOCC1. The second kappa shape index (κ2) is 6.32. The summed E-state index contributed by atoms with van der Waals surface area (Å²) in [5.74, 6) is 1.32. The predicted molar refractivity (Wildman–Crippen MR) is 82.6 cm³/mol. The number of nitrogen functional groups attached to an aromatic ring is 1. The lowest BCUT2D eigenvalue weighted by Crippen LogP contribution is -2.37. The molecule has 1 fully saturated rings. The Morgan fingerprint density at radius 1 is 1.29 bits per heavy atom. The van der Waals surface area contributed by atoms with Gasteiger partial charge in [0.2, 0.25) is 5.95 Å². The molecule has 0 radical (unpaired) electrons. The number of methoxy groups -OCH3 is 1. The average Bonchev–Trinajstić information content (AvgIpc) is 2.84. The Morgan fingerprint density at radius 2 is 2.10 bits per heavy atom. The van der Waals surface area contributed by atoms with Crippen molar-refractivity contribution in [1.82, 2.24) is 14.5 Å². The molecule has 3 rings (SSSR count). The highest BCUT2D eigenvalue weighted by molar-refractivity contribution is 5.84. The number of aromatic nitrogens is 2. The first kappa shape index (κ1) is 14.2. The van der Waals surface area contributed by atoms with E-state index in [2.05, 4.69) is 14.5 Å². The van der Waals surface area contributed by atoms with Gasteiger partial charge in [0.25, 0.3) is 0 Å². The number of para-hydroxylation sites is 1. The average molecular weight is 290 g/mol. The van der Waals surface area contributed by atoms with E-state index in [9.17, 15) is 0 Å². The van der Waals surface area contributed by atoms with Crippen molar-refractivity contribution in [1.29, 1.82) is 0 Å². The Bertz CT molecular complexity index is 605. The molecule has 1 aromatic carbocycles. The van der Waals surface area contributed by atoms with Crippen LogP contribution in [0.5, 0.6) is 5.75 Å². The number of imidazole rings is 1. The zero-order chi connectivity index (χ0) is 14.7. The summed E-state index contributed by atoms with van der Waals surface area (Å²) in [7, 11) is 1.66. The Labute approximate surface area is 124 Å². The zero-order valence-corrected chi connectivity index (χ0v) is 12.4. The molecular formula is C15H22N4O2. The van der Waals surface area contributed by atoms with E-state index < -0.39 is 0 Å². The fraction of sp³-hybridized carbons (Fsp3) is 0.533. The maximum absolute atomic E-state index is 6.06. The van der Waals surface area contributed by atoms with Gasteiger partial charge in [-0.3, -0.25) is 4.90 Å². The van der Waals surface area contributed by atoms with Gasteiger partial charge in [0.05, 0.1) is 25.8 Å². The Balaban J connectivity index is 1.70. The fourth-order valence-electron chi connectivity index (χ4n) is 2.82. The van der Waals surface area contributed by atoms with E-state index in [-0.39, 0.29) is 0 Å². The molecule has 1 saturated heterocycles. The van der Waals surface area contributed by atoms with Gasteiger partial charge in [0, 0.05) is 26.2 Å². The molecule has 2 heterocycles. The van der Waals surface area contributed by atoms with Crippen molar-refractivity contribution in [3.63, 3.8) is 0 Å². The van der Waals surface area contributed by atoms with Gasteiger partial charge in [0.15, 0.2) is 0 Å². The fourth-order valence-corrected chi connectivity index (χ4v) is 2.82. The molecule has 1 aliphatic rings. The number of aryl methyl sites for hydroxylation is 1. The minimum Gasteiger partial charge on any atom is -0.494 e. The molecule has 0 bridgehead atoms. The van der Waals surface area contributed by atoms with E-state index in [1.165, 1.54) is 0 Å². The Hall–Kier alpha value is -1.79. The van der Waals surface area contributed by atoms with Gasteiger partial charge in [0.1, 0.15) is 11.3 Å². The third kappa shape index (κ3) is 2.96. The molecule has 1 aromatic heterocycles. The van der Waals surface area contributed by atoms with Gasteiger partial charge >= 0.3 is 0 Å². The summed E-state index contributed by atoms with van der Waals surface area (Å²) < 4.78 is 12.8. The summed E-state index contributed by atoms with van der Waals surface area (Å²) in [5, 5.41) is 0. The van der Waals surface area contributed by atoms with Crippen molar-refractivity contribution in [2.45, 2.75) is 13.0 Å². The highest BCUT2D eigenvalue weighted by atomic mass is 16.5. The van der Waals surface area contributed by atoms with E-state index in [1.807, 2.05) is 18.2 Å². The molecular weight excluding hydrogens is 268 g/mol. The lowest BCUT2D eigenvalue weighted by Gasteiger charge is -2.26. The molecule has 2 N–H and O–H groups in total. The van der Waals surface area contributed by atoms with Gasteiger partial charge in [-0.15, -0.1) is 0 Å². The van der Waals surface area contributed by atoms with Gasteiger partial charge in [-0.1, -0.05) is 6.07 Å². The molecule has 6 nitrogen and oxygen atoms in total. The summed E-state index contributed by atoms with van der Waals surface area (Å²) in [4.78, 5) is 6.86. The molecule has 6 heteroatoms. The maximum Gasteiger partial charge on any atom is 0.201 e. The number of nitrogens with zero attached hydrogens (tertiary/aromatic N) is 3. The minimum absolute atomic E-state index is 0.552. The molecule has 2 aromatic rings. The first-order chi connectivity index (χ1) is 10.3. The van der Waals surface area contributed by atoms with Crippen LogP contribution in [-0.4, -0.2) is 54.4 Å². The number of hydrogen-bond donors (Lipinski definition) is 1. The maximum atomic E-state index is 6.06. The van der Waals surface area contributed by atoms with Crippen LogP contribution in [-0.2, 0) is 11.3 Å². The summed E-state index contributed by atoms with van der Waals surface area (Å²) in [6.07, 6.45) is 1.05. The van der Waals surface area contributed by atoms with Crippen molar-refractivity contribution < 1.29 is 9.47 Å². The summed E-state index contributed by atoms with van der Waals surface area (Å²) in [6, 6.07) is 5.92. The minimum atomic E-state index is 0.552. The molecule has 0 aliphatic carbocycles. The normalized spacial score (nSPS) is 16.4. The second-order valence-corrected chi connectivity index (χ2v) is 5.26. The summed E-state index contributed by atoms with van der Waals surface area (Å²) in [5.41, 5.74) is 7.93. The molecule has 1 aliphatic heterocycles. The van der Waals surface area contributed by atoms with Crippen molar-refractivity contribution in [3.05, 3.63) is 18.2 Å². The number of anilines is 1. The van der Waals surface area contributed by atoms with Gasteiger partial charge in [-0.2, -0.15) is 0 Å². The molecule has 0 spiro atoms. The number of ether oxygens (including phenoxy) is 2. The van der Waals surface area contributed by atoms with Crippen molar-refractivity contribution >= 4 is 17.0 Å². The van der Waals surface area contributed by atoms with E-state index in [0.717, 1.165) is 62.6 Å². The van der Waals surface area contributed by atoms with E-state index >= 15 is 0 Å². The van der Waals surface area contributed by atoms with Crippen LogP contribution in [0, 0.1) is 0 Å². The molecule has 114 valence electrons. The number of benzene rings is 1. The predicted octanol–water partition coefficient (Wildman–Crippen LogP) is 1.35. The van der Waals surface area contributed by atoms with Gasteiger partial charge in [-0.25, -0.2) is 4.98 Å². The van der Waals surface area contributed by atoms with Crippen LogP contribution >= 0.6 is 0 Å². The smallest absolute Gasteiger partial charge is 0.201 e. The number of morpholine rings is 1.